The van der Waals surface area contributed by atoms with E-state index in [4.69, 9.17) is 11.6 Å². The molecule has 0 saturated carbocycles. The van der Waals surface area contributed by atoms with Crippen molar-refractivity contribution < 1.29 is 4.79 Å². The number of nitrogens with zero attached hydrogens (tertiary/aromatic N) is 6. The van der Waals surface area contributed by atoms with Crippen LogP contribution in [0.2, 0.25) is 5.15 Å². The maximum absolute atomic E-state index is 12.8. The molecular weight excluding hydrogens is 460 g/mol. The molecule has 0 aliphatic carbocycles. The standard InChI is InChI=1S/C18H20BrClN8O/c1-10-13(19)9-14(21-10)18(29)27(2)12-3-5-28(6-4-12)16-8-11(7-15(20)22-16)17-23-25-26-24-17/h7-9,12,21H,3-6H2,1-2H3,(H,23,24,25,26). The predicted molar refractivity (Wildman–Crippen MR) is 113 cm³/mol. The molecule has 11 heteroatoms. The van der Waals surface area contributed by atoms with Gasteiger partial charge in [0.15, 0.2) is 5.82 Å². The molecule has 0 bridgehead atoms. The highest BCUT2D eigenvalue weighted by molar-refractivity contribution is 9.10. The van der Waals surface area contributed by atoms with Gasteiger partial charge in [-0.1, -0.05) is 11.6 Å². The van der Waals surface area contributed by atoms with Crippen LogP contribution in [-0.2, 0) is 0 Å². The van der Waals surface area contributed by atoms with Crippen LogP contribution in [0.5, 0.6) is 0 Å². The molecule has 3 aromatic heterocycles. The van der Waals surface area contributed by atoms with E-state index < -0.39 is 0 Å². The van der Waals surface area contributed by atoms with E-state index in [1.807, 2.05) is 31.0 Å². The van der Waals surface area contributed by atoms with Crippen LogP contribution in [0.4, 0.5) is 5.82 Å². The summed E-state index contributed by atoms with van der Waals surface area (Å²) in [4.78, 5) is 24.4. The molecule has 2 N–H and O–H groups in total. The van der Waals surface area contributed by atoms with Crippen LogP contribution in [-0.4, -0.2) is 67.6 Å². The number of halogens is 2. The maximum Gasteiger partial charge on any atom is 0.270 e. The number of nitrogens with one attached hydrogen (secondary N) is 2. The lowest BCUT2D eigenvalue weighted by molar-refractivity contribution is 0.0703. The monoisotopic (exact) mass is 478 g/mol. The topological polar surface area (TPSA) is 107 Å². The molecular formula is C18H20BrClN8O. The third-order valence-corrected chi connectivity index (χ3v) is 6.26. The Morgan fingerprint density at radius 1 is 1.31 bits per heavy atom. The third-order valence-electron chi connectivity index (χ3n) is 5.24. The minimum Gasteiger partial charge on any atom is -0.356 e. The first kappa shape index (κ1) is 19.8. The van der Waals surface area contributed by atoms with Crippen LogP contribution in [0.3, 0.4) is 0 Å². The Labute approximate surface area is 181 Å². The Kier molecular flexibility index (Phi) is 5.55. The molecule has 1 aliphatic heterocycles. The molecule has 4 rings (SSSR count). The molecule has 1 fully saturated rings. The van der Waals surface area contributed by atoms with Gasteiger partial charge in [-0.3, -0.25) is 4.79 Å². The number of tetrazole rings is 1. The summed E-state index contributed by atoms with van der Waals surface area (Å²) in [6.45, 7) is 3.48. The number of carbonyl (C=O) groups excluding carboxylic acids is 1. The van der Waals surface area contributed by atoms with Crippen LogP contribution in [0.25, 0.3) is 11.4 Å². The summed E-state index contributed by atoms with van der Waals surface area (Å²) in [6, 6.07) is 5.64. The largest absolute Gasteiger partial charge is 0.356 e. The Morgan fingerprint density at radius 2 is 2.07 bits per heavy atom. The summed E-state index contributed by atoms with van der Waals surface area (Å²) < 4.78 is 0.911. The average molecular weight is 480 g/mol. The molecule has 0 spiro atoms. The summed E-state index contributed by atoms with van der Waals surface area (Å²) in [6.07, 6.45) is 1.69. The fourth-order valence-corrected chi connectivity index (χ4v) is 4.08. The lowest BCUT2D eigenvalue weighted by atomic mass is 10.0. The van der Waals surface area contributed by atoms with Gasteiger partial charge in [-0.2, -0.15) is 0 Å². The maximum atomic E-state index is 12.8. The molecule has 1 aliphatic rings. The van der Waals surface area contributed by atoms with E-state index in [2.05, 4.69) is 51.4 Å². The number of carbonyl (C=O) groups is 1. The molecule has 152 valence electrons. The number of rotatable bonds is 4. The molecule has 3 aromatic rings. The molecule has 4 heterocycles. The second-order valence-corrected chi connectivity index (χ2v) is 8.32. The number of aromatic nitrogens is 6. The molecule has 0 aromatic carbocycles. The first-order valence-electron chi connectivity index (χ1n) is 9.21. The second-order valence-electron chi connectivity index (χ2n) is 7.08. The molecule has 29 heavy (non-hydrogen) atoms. The van der Waals surface area contributed by atoms with Crippen LogP contribution in [0.15, 0.2) is 22.7 Å². The minimum absolute atomic E-state index is 0.00163. The van der Waals surface area contributed by atoms with E-state index in [1.54, 1.807) is 6.07 Å². The van der Waals surface area contributed by atoms with E-state index in [0.29, 0.717) is 16.7 Å². The smallest absolute Gasteiger partial charge is 0.270 e. The number of aromatic amines is 2. The summed E-state index contributed by atoms with van der Waals surface area (Å²) in [5.41, 5.74) is 2.33. The van der Waals surface area contributed by atoms with Gasteiger partial charge in [-0.25, -0.2) is 10.1 Å². The van der Waals surface area contributed by atoms with Crippen molar-refractivity contribution in [2.24, 2.45) is 0 Å². The number of H-pyrrole nitrogens is 2. The van der Waals surface area contributed by atoms with Crippen molar-refractivity contribution in [1.82, 2.24) is 35.5 Å². The number of pyridine rings is 1. The highest BCUT2D eigenvalue weighted by Gasteiger charge is 2.27. The van der Waals surface area contributed by atoms with Gasteiger partial charge in [0.05, 0.1) is 0 Å². The Hall–Kier alpha value is -2.46. The average Bonchev–Trinajstić information content (AvgIpc) is 3.37. The minimum atomic E-state index is -0.00163. The van der Waals surface area contributed by atoms with Gasteiger partial charge >= 0.3 is 0 Å². The van der Waals surface area contributed by atoms with Crippen molar-refractivity contribution in [3.05, 3.63) is 39.2 Å². The number of hydrogen-bond donors (Lipinski definition) is 2. The van der Waals surface area contributed by atoms with Crippen molar-refractivity contribution in [2.45, 2.75) is 25.8 Å². The number of piperidine rings is 1. The first-order valence-corrected chi connectivity index (χ1v) is 10.4. The van der Waals surface area contributed by atoms with Crippen LogP contribution in [0.1, 0.15) is 29.0 Å². The lowest BCUT2D eigenvalue weighted by Crippen LogP contribution is -2.46. The normalized spacial score (nSPS) is 15.0. The molecule has 1 saturated heterocycles. The van der Waals surface area contributed by atoms with Gasteiger partial charge in [0.25, 0.3) is 5.91 Å². The highest BCUT2D eigenvalue weighted by Crippen LogP contribution is 2.27. The third kappa shape index (κ3) is 4.13. The Bertz CT molecular complexity index is 994. The van der Waals surface area contributed by atoms with Gasteiger partial charge in [0.2, 0.25) is 0 Å². The Balaban J connectivity index is 1.43. The van der Waals surface area contributed by atoms with E-state index in [-0.39, 0.29) is 11.9 Å². The zero-order valence-corrected chi connectivity index (χ0v) is 18.3. The highest BCUT2D eigenvalue weighted by atomic mass is 79.9. The molecule has 0 radical (unpaired) electrons. The fraction of sp³-hybridized carbons (Fsp3) is 0.389. The fourth-order valence-electron chi connectivity index (χ4n) is 3.55. The lowest BCUT2D eigenvalue weighted by Gasteiger charge is -2.37. The van der Waals surface area contributed by atoms with Crippen molar-refractivity contribution >= 4 is 39.3 Å². The van der Waals surface area contributed by atoms with Crippen LogP contribution >= 0.6 is 27.5 Å². The number of amides is 1. The summed E-state index contributed by atoms with van der Waals surface area (Å²) in [7, 11) is 1.86. The van der Waals surface area contributed by atoms with E-state index in [1.165, 1.54) is 0 Å². The first-order chi connectivity index (χ1) is 13.9. The van der Waals surface area contributed by atoms with E-state index in [0.717, 1.165) is 47.5 Å². The second kappa shape index (κ2) is 8.11. The van der Waals surface area contributed by atoms with Crippen molar-refractivity contribution in [1.29, 1.82) is 0 Å². The summed E-state index contributed by atoms with van der Waals surface area (Å²) in [5, 5.41) is 14.3. The Morgan fingerprint density at radius 3 is 2.69 bits per heavy atom. The quantitative estimate of drug-likeness (QED) is 0.557. The van der Waals surface area contributed by atoms with Crippen LogP contribution in [0, 0.1) is 6.92 Å². The van der Waals surface area contributed by atoms with Gasteiger partial charge in [0.1, 0.15) is 16.7 Å². The van der Waals surface area contributed by atoms with Crippen molar-refractivity contribution in [3.63, 3.8) is 0 Å². The molecule has 0 atom stereocenters. The SMILES string of the molecule is Cc1[nH]c(C(=O)N(C)C2CCN(c3cc(-c4nnn[nH]4)cc(Cl)n3)CC2)cc1Br. The summed E-state index contributed by atoms with van der Waals surface area (Å²) in [5.74, 6) is 1.32. The predicted octanol–water partition coefficient (Wildman–Crippen LogP) is 3.06. The van der Waals surface area contributed by atoms with Crippen molar-refractivity contribution in [3.8, 4) is 11.4 Å². The zero-order chi connectivity index (χ0) is 20.5. The summed E-state index contributed by atoms with van der Waals surface area (Å²) >= 11 is 9.66. The van der Waals surface area contributed by atoms with Crippen molar-refractivity contribution in [2.75, 3.05) is 25.0 Å². The van der Waals surface area contributed by atoms with E-state index >= 15 is 0 Å². The van der Waals surface area contributed by atoms with Gasteiger partial charge < -0.3 is 14.8 Å². The van der Waals surface area contributed by atoms with Gasteiger partial charge in [0, 0.05) is 41.9 Å². The van der Waals surface area contributed by atoms with Crippen LogP contribution < -0.4 is 4.90 Å². The molecule has 1 amide bonds. The van der Waals surface area contributed by atoms with Gasteiger partial charge in [-0.15, -0.1) is 5.10 Å². The number of anilines is 1. The number of aryl methyl sites for hydroxylation is 1. The van der Waals surface area contributed by atoms with E-state index in [9.17, 15) is 4.79 Å². The zero-order valence-electron chi connectivity index (χ0n) is 16.0. The molecule has 9 nitrogen and oxygen atoms in total. The number of hydrogen-bond acceptors (Lipinski definition) is 6. The molecule has 0 unspecified atom stereocenters. The van der Waals surface area contributed by atoms with Gasteiger partial charge in [-0.05, 0) is 64.3 Å².